The van der Waals surface area contributed by atoms with Gasteiger partial charge in [0.1, 0.15) is 0 Å². The van der Waals surface area contributed by atoms with Gasteiger partial charge >= 0.3 is 12.4 Å². The molecule has 2 aliphatic carbocycles. The lowest BCUT2D eigenvalue weighted by atomic mass is 9.74. The van der Waals surface area contributed by atoms with E-state index in [9.17, 15) is 26.3 Å². The molecular weight excluding hydrogens is 274 g/mol. The van der Waals surface area contributed by atoms with Crippen molar-refractivity contribution in [2.24, 2.45) is 17.3 Å². The van der Waals surface area contributed by atoms with Crippen molar-refractivity contribution < 1.29 is 31.4 Å². The molecule has 2 atom stereocenters. The third kappa shape index (κ3) is 2.26. The third-order valence-electron chi connectivity index (χ3n) is 4.36. The molecule has 0 amide bonds. The van der Waals surface area contributed by atoms with Crippen LogP contribution in [0.4, 0.5) is 26.3 Å². The Bertz CT molecular complexity index is 367. The van der Waals surface area contributed by atoms with Crippen LogP contribution < -0.4 is 0 Å². The number of hydrogen-bond acceptors (Lipinski definition) is 1. The van der Waals surface area contributed by atoms with Crippen LogP contribution in [0.5, 0.6) is 0 Å². The molecule has 1 saturated carbocycles. The number of aliphatic hydroxyl groups is 1. The summed E-state index contributed by atoms with van der Waals surface area (Å²) in [7, 11) is 0. The molecule has 1 N–H and O–H groups in total. The van der Waals surface area contributed by atoms with Crippen LogP contribution in [0, 0.1) is 17.3 Å². The van der Waals surface area contributed by atoms with Gasteiger partial charge in [-0.3, -0.25) is 0 Å². The second-order valence-electron chi connectivity index (χ2n) is 5.43. The van der Waals surface area contributed by atoms with Crippen molar-refractivity contribution in [2.45, 2.75) is 38.0 Å². The van der Waals surface area contributed by atoms with Crippen LogP contribution in [0.3, 0.4) is 0 Å². The van der Waals surface area contributed by atoms with Gasteiger partial charge in [0.05, 0.1) is 6.61 Å². The Morgan fingerprint density at radius 3 is 2.00 bits per heavy atom. The van der Waals surface area contributed by atoms with Crippen LogP contribution in [0.1, 0.15) is 25.7 Å². The van der Waals surface area contributed by atoms with E-state index in [1.807, 2.05) is 0 Å². The van der Waals surface area contributed by atoms with Crippen LogP contribution in [0.2, 0.25) is 0 Å². The van der Waals surface area contributed by atoms with Gasteiger partial charge in [-0.15, -0.1) is 0 Å². The molecule has 0 saturated heterocycles. The summed E-state index contributed by atoms with van der Waals surface area (Å²) in [5.41, 5.74) is -3.06. The molecule has 0 aliphatic heterocycles. The normalized spacial score (nSPS) is 27.8. The fourth-order valence-electron chi connectivity index (χ4n) is 3.13. The highest BCUT2D eigenvalue weighted by molar-refractivity contribution is 5.20. The van der Waals surface area contributed by atoms with E-state index >= 15 is 0 Å². The average Bonchev–Trinajstić information content (AvgIpc) is 2.83. The summed E-state index contributed by atoms with van der Waals surface area (Å²) in [6.45, 7) is -1.95. The first kappa shape index (κ1) is 14.7. The second kappa shape index (κ2) is 4.40. The molecule has 1 nitrogen and oxygen atoms in total. The number of fused-ring (bicyclic) bond motifs is 2. The summed E-state index contributed by atoms with van der Waals surface area (Å²) >= 11 is 0. The summed E-state index contributed by atoms with van der Waals surface area (Å²) in [4.78, 5) is 0. The third-order valence-corrected chi connectivity index (χ3v) is 4.36. The zero-order valence-electron chi connectivity index (χ0n) is 9.98. The Morgan fingerprint density at radius 1 is 1.11 bits per heavy atom. The fourth-order valence-corrected chi connectivity index (χ4v) is 3.13. The Morgan fingerprint density at radius 2 is 1.68 bits per heavy atom. The maximum absolute atomic E-state index is 12.9. The molecule has 0 aromatic rings. The van der Waals surface area contributed by atoms with Crippen molar-refractivity contribution in [1.82, 2.24) is 0 Å². The van der Waals surface area contributed by atoms with Gasteiger partial charge in [0, 0.05) is 0 Å². The Labute approximate surface area is 106 Å². The molecule has 2 bridgehead atoms. The Kier molecular flexibility index (Phi) is 3.40. The molecule has 2 unspecified atom stereocenters. The van der Waals surface area contributed by atoms with E-state index < -0.39 is 36.7 Å². The molecule has 2 rings (SSSR count). The first-order chi connectivity index (χ1) is 8.61. The van der Waals surface area contributed by atoms with Gasteiger partial charge in [0.15, 0.2) is 5.41 Å². The number of allylic oxidation sites excluding steroid dienone is 2. The van der Waals surface area contributed by atoms with Gasteiger partial charge in [0.2, 0.25) is 0 Å². The summed E-state index contributed by atoms with van der Waals surface area (Å²) in [5, 5.41) is 8.82. The summed E-state index contributed by atoms with van der Waals surface area (Å²) in [6, 6.07) is 0. The van der Waals surface area contributed by atoms with E-state index in [4.69, 9.17) is 5.11 Å². The van der Waals surface area contributed by atoms with Gasteiger partial charge in [-0.25, -0.2) is 0 Å². The molecular formula is C12H14F6O. The Hall–Kier alpha value is -0.720. The van der Waals surface area contributed by atoms with E-state index in [0.29, 0.717) is 12.8 Å². The van der Waals surface area contributed by atoms with Crippen molar-refractivity contribution in [3.63, 3.8) is 0 Å². The molecule has 0 aromatic heterocycles. The van der Waals surface area contributed by atoms with E-state index in [0.717, 1.165) is 12.0 Å². The van der Waals surface area contributed by atoms with Gasteiger partial charge in [0.25, 0.3) is 0 Å². The fraction of sp³-hybridized carbons (Fsp3) is 0.833. The number of halogens is 6. The van der Waals surface area contributed by atoms with Crippen LogP contribution in [0.25, 0.3) is 0 Å². The predicted molar refractivity (Wildman–Crippen MR) is 55.2 cm³/mol. The van der Waals surface area contributed by atoms with Gasteiger partial charge in [-0.05, 0) is 37.5 Å². The van der Waals surface area contributed by atoms with E-state index in [1.54, 1.807) is 0 Å². The minimum Gasteiger partial charge on any atom is -0.395 e. The van der Waals surface area contributed by atoms with Crippen LogP contribution in [-0.2, 0) is 0 Å². The van der Waals surface area contributed by atoms with Crippen molar-refractivity contribution in [2.75, 3.05) is 6.61 Å². The molecule has 0 spiro atoms. The quantitative estimate of drug-likeness (QED) is 0.618. The maximum atomic E-state index is 12.9. The van der Waals surface area contributed by atoms with Crippen molar-refractivity contribution in [3.8, 4) is 0 Å². The zero-order valence-corrected chi connectivity index (χ0v) is 9.98. The predicted octanol–water partition coefficient (Wildman–Crippen LogP) is 3.84. The van der Waals surface area contributed by atoms with Crippen LogP contribution >= 0.6 is 0 Å². The van der Waals surface area contributed by atoms with E-state index in [2.05, 4.69) is 0 Å². The molecule has 110 valence electrons. The van der Waals surface area contributed by atoms with Crippen LogP contribution in [0.15, 0.2) is 11.6 Å². The van der Waals surface area contributed by atoms with E-state index in [1.165, 1.54) is 6.08 Å². The summed E-state index contributed by atoms with van der Waals surface area (Å²) in [5.74, 6) is -0.871. The lowest BCUT2D eigenvalue weighted by Gasteiger charge is -2.38. The number of rotatable bonds is 3. The van der Waals surface area contributed by atoms with Gasteiger partial charge < -0.3 is 5.11 Å². The molecule has 19 heavy (non-hydrogen) atoms. The minimum atomic E-state index is -5.50. The monoisotopic (exact) mass is 288 g/mol. The first-order valence-corrected chi connectivity index (χ1v) is 6.04. The van der Waals surface area contributed by atoms with E-state index in [-0.39, 0.29) is 5.92 Å². The smallest absolute Gasteiger partial charge is 0.395 e. The highest BCUT2D eigenvalue weighted by Gasteiger charge is 2.70. The lowest BCUT2D eigenvalue weighted by Crippen LogP contribution is -2.54. The molecule has 0 aromatic carbocycles. The topological polar surface area (TPSA) is 20.2 Å². The number of aliphatic hydroxyl groups excluding tert-OH is 1. The largest absolute Gasteiger partial charge is 0.405 e. The maximum Gasteiger partial charge on any atom is 0.405 e. The second-order valence-corrected chi connectivity index (χ2v) is 5.43. The minimum absolute atomic E-state index is 0.134. The average molecular weight is 288 g/mol. The molecule has 0 heterocycles. The van der Waals surface area contributed by atoms with Crippen molar-refractivity contribution in [3.05, 3.63) is 11.6 Å². The summed E-state index contributed by atoms with van der Waals surface area (Å²) in [6.07, 6.45) is -8.55. The molecule has 7 heteroatoms. The number of alkyl halides is 6. The summed E-state index contributed by atoms with van der Waals surface area (Å²) < 4.78 is 77.2. The van der Waals surface area contributed by atoms with Gasteiger partial charge in [-0.2, -0.15) is 26.3 Å². The standard InChI is InChI=1S/C12H14F6O/c13-11(14,15)10(6-19,12(16,17)18)5-9-4-7-1-2-8(9)3-7/h4,8-9,19H,1-3,5-6H2. The number of hydrogen-bond donors (Lipinski definition) is 1. The van der Waals surface area contributed by atoms with Crippen molar-refractivity contribution >= 4 is 0 Å². The molecule has 2 aliphatic rings. The SMILES string of the molecule is OCC(CC1C=C2CCC1C2)(C(F)(F)F)C(F)(F)F. The zero-order chi connectivity index (χ0) is 14.5. The molecule has 1 fully saturated rings. The Balaban J connectivity index is 2.29. The van der Waals surface area contributed by atoms with Crippen LogP contribution in [-0.4, -0.2) is 24.1 Å². The first-order valence-electron chi connectivity index (χ1n) is 6.04. The molecule has 0 radical (unpaired) electrons. The van der Waals surface area contributed by atoms with Crippen molar-refractivity contribution in [1.29, 1.82) is 0 Å². The lowest BCUT2D eigenvalue weighted by molar-refractivity contribution is -0.354. The van der Waals surface area contributed by atoms with Gasteiger partial charge in [-0.1, -0.05) is 11.6 Å². The highest BCUT2D eigenvalue weighted by Crippen LogP contribution is 2.57. The highest BCUT2D eigenvalue weighted by atomic mass is 19.4.